The second kappa shape index (κ2) is 10.8. The summed E-state index contributed by atoms with van der Waals surface area (Å²) in [5.41, 5.74) is 0.871. The predicted octanol–water partition coefficient (Wildman–Crippen LogP) is 1.09. The number of aromatic nitrogens is 2. The van der Waals surface area contributed by atoms with E-state index in [4.69, 9.17) is 4.74 Å². The zero-order valence-corrected chi connectivity index (χ0v) is 20.2. The number of aryl methyl sites for hydroxylation is 2. The third-order valence-electron chi connectivity index (χ3n) is 5.67. The van der Waals surface area contributed by atoms with Gasteiger partial charge in [0.1, 0.15) is 5.82 Å². The normalized spacial score (nSPS) is 16.0. The number of carbonyl (C=O) groups excluding carboxylic acids is 3. The van der Waals surface area contributed by atoms with Crippen LogP contribution in [-0.2, 0) is 37.9 Å². The number of carbonyl (C=O) groups is 3. The van der Waals surface area contributed by atoms with Crippen molar-refractivity contribution in [3.05, 3.63) is 47.9 Å². The maximum Gasteiger partial charge on any atom is 0.321 e. The zero-order chi connectivity index (χ0) is 24.9. The molecule has 0 saturated carbocycles. The van der Waals surface area contributed by atoms with Gasteiger partial charge in [0.2, 0.25) is 0 Å². The highest BCUT2D eigenvalue weighted by atomic mass is 32.2. The molecule has 2 heterocycles. The fourth-order valence-electron chi connectivity index (χ4n) is 3.47. The van der Waals surface area contributed by atoms with E-state index in [1.54, 1.807) is 18.5 Å². The van der Waals surface area contributed by atoms with E-state index in [1.807, 2.05) is 30.3 Å². The van der Waals surface area contributed by atoms with E-state index in [9.17, 15) is 22.8 Å². The summed E-state index contributed by atoms with van der Waals surface area (Å²) in [6, 6.07) is 8.50. The summed E-state index contributed by atoms with van der Waals surface area (Å²) in [4.78, 5) is 40.7. The van der Waals surface area contributed by atoms with Crippen molar-refractivity contribution in [1.29, 1.82) is 0 Å². The zero-order valence-electron chi connectivity index (χ0n) is 19.4. The number of urea groups is 1. The highest BCUT2D eigenvalue weighted by Gasteiger charge is 2.35. The molecule has 1 aromatic carbocycles. The molecule has 3 amide bonds. The minimum atomic E-state index is -3.75. The summed E-state index contributed by atoms with van der Waals surface area (Å²) in [7, 11) is -2.03. The van der Waals surface area contributed by atoms with Crippen LogP contribution in [0.2, 0.25) is 0 Å². The summed E-state index contributed by atoms with van der Waals surface area (Å²) in [6.07, 6.45) is 0.806. The molecule has 1 unspecified atom stereocenters. The number of amides is 3. The SMILES string of the molecule is Cc1nc(S(=O)(=O)N2CCC(C(=O)OC(C)C(=O)NC(=O)NCc3ccccc3)CC2)cn1C. The van der Waals surface area contributed by atoms with Gasteiger partial charge < -0.3 is 14.6 Å². The molecule has 1 fully saturated rings. The lowest BCUT2D eigenvalue weighted by molar-refractivity contribution is -0.159. The number of esters is 1. The number of hydrogen-bond donors (Lipinski definition) is 2. The van der Waals surface area contributed by atoms with E-state index >= 15 is 0 Å². The average Bonchev–Trinajstić information content (AvgIpc) is 3.17. The third kappa shape index (κ3) is 6.20. The molecule has 1 aliphatic heterocycles. The quantitative estimate of drug-likeness (QED) is 0.553. The van der Waals surface area contributed by atoms with Crippen LogP contribution < -0.4 is 10.6 Å². The van der Waals surface area contributed by atoms with E-state index in [0.29, 0.717) is 5.82 Å². The second-order valence-electron chi connectivity index (χ2n) is 8.15. The van der Waals surface area contributed by atoms with Gasteiger partial charge in [0.25, 0.3) is 15.9 Å². The van der Waals surface area contributed by atoms with Crippen molar-refractivity contribution >= 4 is 27.9 Å². The summed E-state index contributed by atoms with van der Waals surface area (Å²) in [6.45, 7) is 3.61. The molecular weight excluding hydrogens is 462 g/mol. The monoisotopic (exact) mass is 491 g/mol. The largest absolute Gasteiger partial charge is 0.452 e. The van der Waals surface area contributed by atoms with Crippen LogP contribution in [0.15, 0.2) is 41.6 Å². The number of ether oxygens (including phenoxy) is 1. The van der Waals surface area contributed by atoms with Crippen molar-refractivity contribution in [3.8, 4) is 0 Å². The molecule has 2 aromatic rings. The Bertz CT molecular complexity index is 1120. The lowest BCUT2D eigenvalue weighted by atomic mass is 9.98. The molecular formula is C22H29N5O6S. The Hall–Kier alpha value is -3.25. The van der Waals surface area contributed by atoms with Crippen LogP contribution in [0, 0.1) is 12.8 Å². The number of rotatable bonds is 7. The molecule has 11 nitrogen and oxygen atoms in total. The molecule has 1 saturated heterocycles. The van der Waals surface area contributed by atoms with Gasteiger partial charge in [0.15, 0.2) is 11.1 Å². The summed E-state index contributed by atoms with van der Waals surface area (Å²) < 4.78 is 33.7. The maximum absolute atomic E-state index is 12.8. The summed E-state index contributed by atoms with van der Waals surface area (Å²) in [5.74, 6) is -1.31. The Labute approximate surface area is 198 Å². The molecule has 3 rings (SSSR count). The lowest BCUT2D eigenvalue weighted by Gasteiger charge is -2.30. The van der Waals surface area contributed by atoms with Crippen LogP contribution in [0.25, 0.3) is 0 Å². The molecule has 2 N–H and O–H groups in total. The van der Waals surface area contributed by atoms with Gasteiger partial charge in [0, 0.05) is 32.9 Å². The number of imide groups is 1. The van der Waals surface area contributed by atoms with E-state index in [0.717, 1.165) is 5.56 Å². The first-order valence-corrected chi connectivity index (χ1v) is 12.3. The fraction of sp³-hybridized carbons (Fsp3) is 0.455. The molecule has 184 valence electrons. The van der Waals surface area contributed by atoms with Gasteiger partial charge in [-0.15, -0.1) is 0 Å². The average molecular weight is 492 g/mol. The van der Waals surface area contributed by atoms with Crippen molar-refractivity contribution < 1.29 is 27.5 Å². The minimum Gasteiger partial charge on any atom is -0.452 e. The Morgan fingerprint density at radius 3 is 2.41 bits per heavy atom. The van der Waals surface area contributed by atoms with Crippen LogP contribution in [0.3, 0.4) is 0 Å². The molecule has 1 aromatic heterocycles. The topological polar surface area (TPSA) is 140 Å². The first-order chi connectivity index (χ1) is 16.1. The van der Waals surface area contributed by atoms with Crippen LogP contribution in [0.5, 0.6) is 0 Å². The van der Waals surface area contributed by atoms with Gasteiger partial charge in [0.05, 0.1) is 5.92 Å². The Morgan fingerprint density at radius 2 is 1.82 bits per heavy atom. The molecule has 1 aliphatic rings. The van der Waals surface area contributed by atoms with Crippen molar-refractivity contribution in [1.82, 2.24) is 24.5 Å². The number of nitrogens with zero attached hydrogens (tertiary/aromatic N) is 3. The lowest BCUT2D eigenvalue weighted by Crippen LogP contribution is -2.45. The van der Waals surface area contributed by atoms with E-state index in [-0.39, 0.29) is 37.5 Å². The molecule has 0 spiro atoms. The number of sulfonamides is 1. The first kappa shape index (κ1) is 25.4. The maximum atomic E-state index is 12.8. The van der Waals surface area contributed by atoms with Gasteiger partial charge in [-0.3, -0.25) is 14.9 Å². The van der Waals surface area contributed by atoms with Gasteiger partial charge in [-0.05, 0) is 32.3 Å². The minimum absolute atomic E-state index is 0.0237. The second-order valence-corrected chi connectivity index (χ2v) is 10.0. The molecule has 0 aliphatic carbocycles. The molecule has 0 bridgehead atoms. The smallest absolute Gasteiger partial charge is 0.321 e. The first-order valence-electron chi connectivity index (χ1n) is 10.9. The number of imidazole rings is 1. The van der Waals surface area contributed by atoms with Crippen LogP contribution in [0.1, 0.15) is 31.2 Å². The molecule has 34 heavy (non-hydrogen) atoms. The van der Waals surface area contributed by atoms with Crippen molar-refractivity contribution in [2.24, 2.45) is 13.0 Å². The van der Waals surface area contributed by atoms with E-state index < -0.39 is 40.0 Å². The van der Waals surface area contributed by atoms with Crippen LogP contribution >= 0.6 is 0 Å². The van der Waals surface area contributed by atoms with Crippen molar-refractivity contribution in [2.75, 3.05) is 13.1 Å². The molecule has 0 radical (unpaired) electrons. The van der Waals surface area contributed by atoms with Gasteiger partial charge >= 0.3 is 12.0 Å². The predicted molar refractivity (Wildman–Crippen MR) is 122 cm³/mol. The van der Waals surface area contributed by atoms with Crippen LogP contribution in [-0.4, -0.2) is 59.4 Å². The summed E-state index contributed by atoms with van der Waals surface area (Å²) >= 11 is 0. The summed E-state index contributed by atoms with van der Waals surface area (Å²) in [5, 5.41) is 4.68. The molecule has 1 atom stereocenters. The highest BCUT2D eigenvalue weighted by molar-refractivity contribution is 7.89. The number of benzene rings is 1. The van der Waals surface area contributed by atoms with E-state index in [2.05, 4.69) is 15.6 Å². The van der Waals surface area contributed by atoms with Gasteiger partial charge in [-0.2, -0.15) is 4.31 Å². The van der Waals surface area contributed by atoms with E-state index in [1.165, 1.54) is 17.4 Å². The fourth-order valence-corrected chi connectivity index (χ4v) is 4.97. The number of piperidine rings is 1. The standard InChI is InChI=1S/C22H29N5O6S/c1-15(20(28)25-22(30)23-13-17-7-5-4-6-8-17)33-21(29)18-9-11-27(12-10-18)34(31,32)19-14-26(3)16(2)24-19/h4-8,14-15,18H,9-13H2,1-3H3,(H2,23,25,28,30). The molecule has 12 heteroatoms. The Balaban J connectivity index is 1.44. The van der Waals surface area contributed by atoms with Crippen LogP contribution in [0.4, 0.5) is 4.79 Å². The third-order valence-corrected chi connectivity index (χ3v) is 7.44. The Morgan fingerprint density at radius 1 is 1.18 bits per heavy atom. The van der Waals surface area contributed by atoms with Gasteiger partial charge in [-0.25, -0.2) is 18.2 Å². The number of hydrogen-bond acceptors (Lipinski definition) is 7. The van der Waals surface area contributed by atoms with Crippen molar-refractivity contribution in [2.45, 2.75) is 44.4 Å². The highest BCUT2D eigenvalue weighted by Crippen LogP contribution is 2.24. The Kier molecular flexibility index (Phi) is 8.05. The van der Waals surface area contributed by atoms with Crippen molar-refractivity contribution in [3.63, 3.8) is 0 Å². The van der Waals surface area contributed by atoms with Gasteiger partial charge in [-0.1, -0.05) is 30.3 Å². The number of nitrogens with one attached hydrogen (secondary N) is 2.